The summed E-state index contributed by atoms with van der Waals surface area (Å²) in [5, 5.41) is 8.22. The molecule has 9 rings (SSSR count). The molecular formula is C54H54N6. The maximum absolute atomic E-state index is 6.02. The number of para-hydroxylation sites is 4. The molecule has 0 fully saturated rings. The lowest BCUT2D eigenvalue weighted by Gasteiger charge is -2.44. The Morgan fingerprint density at radius 3 is 1.13 bits per heavy atom. The molecule has 0 saturated heterocycles. The number of rotatable bonds is 9. The molecule has 0 unspecified atom stereocenters. The third-order valence-corrected chi connectivity index (χ3v) is 12.3. The van der Waals surface area contributed by atoms with E-state index < -0.39 is 5.41 Å². The smallest absolute Gasteiger partial charge is 0.240 e. The van der Waals surface area contributed by atoms with Crippen molar-refractivity contribution in [3.8, 4) is 11.4 Å². The van der Waals surface area contributed by atoms with Crippen LogP contribution in [0.4, 0.5) is 11.4 Å². The zero-order valence-corrected chi connectivity index (χ0v) is 36.0. The molecule has 0 spiro atoms. The molecule has 0 radical (unpaired) electrons. The fourth-order valence-corrected chi connectivity index (χ4v) is 9.56. The van der Waals surface area contributed by atoms with Crippen molar-refractivity contribution in [2.45, 2.75) is 84.5 Å². The van der Waals surface area contributed by atoms with Crippen LogP contribution in [0.2, 0.25) is 0 Å². The van der Waals surface area contributed by atoms with Gasteiger partial charge in [-0.2, -0.15) is 0 Å². The van der Waals surface area contributed by atoms with Crippen molar-refractivity contribution in [2.24, 2.45) is 5.10 Å². The van der Waals surface area contributed by atoms with Crippen molar-refractivity contribution in [1.29, 1.82) is 0 Å². The van der Waals surface area contributed by atoms with E-state index in [2.05, 4.69) is 215 Å². The molecule has 60 heavy (non-hydrogen) atoms. The Morgan fingerprint density at radius 2 is 0.767 bits per heavy atom. The van der Waals surface area contributed by atoms with E-state index in [1.165, 1.54) is 33.4 Å². The predicted octanol–water partition coefficient (Wildman–Crippen LogP) is 13.1. The summed E-state index contributed by atoms with van der Waals surface area (Å²) in [6.07, 6.45) is 3.63. The Labute approximate surface area is 354 Å². The van der Waals surface area contributed by atoms with Gasteiger partial charge in [-0.05, 0) is 80.3 Å². The van der Waals surface area contributed by atoms with Gasteiger partial charge in [-0.1, -0.05) is 189 Å². The first-order valence-electron chi connectivity index (χ1n) is 21.5. The summed E-state index contributed by atoms with van der Waals surface area (Å²) < 4.78 is 4.63. The van der Waals surface area contributed by atoms with E-state index in [9.17, 15) is 0 Å². The van der Waals surface area contributed by atoms with Gasteiger partial charge in [0, 0.05) is 12.4 Å². The topological polar surface area (TPSA) is 51.2 Å². The molecule has 1 aliphatic rings. The molecule has 0 amide bonds. The summed E-state index contributed by atoms with van der Waals surface area (Å²) in [4.78, 5) is 10.4. The first-order chi connectivity index (χ1) is 29.1. The Kier molecular flexibility index (Phi) is 10.1. The minimum Gasteiger partial charge on any atom is -0.259 e. The number of anilines is 2. The lowest BCUT2D eigenvalue weighted by atomic mass is 9.63. The molecule has 0 saturated carbocycles. The Hall–Kier alpha value is -6.53. The fraction of sp³-hybridized carbons (Fsp3) is 0.241. The number of imidazole rings is 1. The highest BCUT2D eigenvalue weighted by molar-refractivity contribution is 5.83. The van der Waals surface area contributed by atoms with Gasteiger partial charge in [-0.3, -0.25) is 9.13 Å². The van der Waals surface area contributed by atoms with Crippen LogP contribution in [0.1, 0.15) is 124 Å². The standard InChI is InChI=1S/C54H54N6/c1-35(2)41-25-19-26-42(36(3)4)49(41)58-51-52(56-34-33-55-51)59(50-43(37(5)6)27-20-28-44(50)38(7)8)53(58)57-60-47-31-17-15-29-45(47)54(39-21-11-9-12-22-39,40-23-13-10-14-24-40)46-30-16-18-32-48(46)60/h9-38H,1-8H3. The number of benzene rings is 6. The van der Waals surface area contributed by atoms with Gasteiger partial charge in [0.15, 0.2) is 11.3 Å². The SMILES string of the molecule is CC(C)c1cccc(C(C)C)c1-n1c(=NN2c3ccccc3C(c3ccccc3)(c3ccccc3)c3ccccc32)n(-c2c(C(C)C)cccc2C(C)C)c2nccnc21. The molecule has 0 atom stereocenters. The van der Waals surface area contributed by atoms with E-state index in [4.69, 9.17) is 15.1 Å². The highest BCUT2D eigenvalue weighted by Gasteiger charge is 2.46. The predicted molar refractivity (Wildman–Crippen MR) is 247 cm³/mol. The molecule has 300 valence electrons. The molecule has 1 aliphatic heterocycles. The largest absolute Gasteiger partial charge is 0.259 e. The molecule has 3 heterocycles. The van der Waals surface area contributed by atoms with Gasteiger partial charge in [0.25, 0.3) is 0 Å². The first-order valence-corrected chi connectivity index (χ1v) is 21.5. The number of hydrogen-bond acceptors (Lipinski definition) is 4. The second-order valence-electron chi connectivity index (χ2n) is 17.3. The van der Waals surface area contributed by atoms with Gasteiger partial charge in [0.2, 0.25) is 5.62 Å². The van der Waals surface area contributed by atoms with E-state index in [1.807, 2.05) is 12.4 Å². The average Bonchev–Trinajstić information content (AvgIpc) is 3.59. The Morgan fingerprint density at radius 1 is 0.417 bits per heavy atom. The minimum absolute atomic E-state index is 0.233. The maximum atomic E-state index is 6.02. The van der Waals surface area contributed by atoms with E-state index in [-0.39, 0.29) is 23.7 Å². The van der Waals surface area contributed by atoms with Crippen LogP contribution in [-0.2, 0) is 5.41 Å². The van der Waals surface area contributed by atoms with Crippen molar-refractivity contribution >= 4 is 22.7 Å². The third-order valence-electron chi connectivity index (χ3n) is 12.3. The first kappa shape index (κ1) is 39.0. The van der Waals surface area contributed by atoms with Crippen LogP contribution in [0.5, 0.6) is 0 Å². The van der Waals surface area contributed by atoms with Crippen LogP contribution in [0.15, 0.2) is 163 Å². The van der Waals surface area contributed by atoms with Crippen LogP contribution in [-0.4, -0.2) is 19.1 Å². The lowest BCUT2D eigenvalue weighted by molar-refractivity contribution is 0.707. The number of aromatic nitrogens is 4. The average molecular weight is 787 g/mol. The van der Waals surface area contributed by atoms with Crippen LogP contribution < -0.4 is 10.6 Å². The summed E-state index contributed by atoms with van der Waals surface area (Å²) >= 11 is 0. The quantitative estimate of drug-likeness (QED) is 0.146. The van der Waals surface area contributed by atoms with Gasteiger partial charge >= 0.3 is 0 Å². The van der Waals surface area contributed by atoms with Crippen LogP contribution in [0, 0.1) is 0 Å². The fourth-order valence-electron chi connectivity index (χ4n) is 9.56. The van der Waals surface area contributed by atoms with Gasteiger partial charge in [0.1, 0.15) is 0 Å². The molecule has 6 nitrogen and oxygen atoms in total. The highest BCUT2D eigenvalue weighted by Crippen LogP contribution is 2.55. The zero-order chi connectivity index (χ0) is 41.7. The van der Waals surface area contributed by atoms with Crippen LogP contribution in [0.25, 0.3) is 22.7 Å². The summed E-state index contributed by atoms with van der Waals surface area (Å²) in [5.74, 6) is 0.934. The number of hydrogen-bond donors (Lipinski definition) is 0. The molecule has 2 aromatic heterocycles. The highest BCUT2D eigenvalue weighted by atomic mass is 15.5. The molecule has 0 bridgehead atoms. The van der Waals surface area contributed by atoms with Gasteiger partial charge in [-0.25, -0.2) is 15.0 Å². The second-order valence-corrected chi connectivity index (χ2v) is 17.3. The van der Waals surface area contributed by atoms with E-state index in [0.29, 0.717) is 0 Å². The lowest BCUT2D eigenvalue weighted by Crippen LogP contribution is -2.39. The summed E-state index contributed by atoms with van der Waals surface area (Å²) in [6.45, 7) is 18.2. The Bertz CT molecular complexity index is 2650. The van der Waals surface area contributed by atoms with E-state index in [1.54, 1.807) is 0 Å². The van der Waals surface area contributed by atoms with Crippen molar-refractivity contribution in [3.05, 3.63) is 208 Å². The molecule has 0 aliphatic carbocycles. The number of nitrogens with zero attached hydrogens (tertiary/aromatic N) is 6. The molecule has 0 N–H and O–H groups in total. The van der Waals surface area contributed by atoms with E-state index >= 15 is 0 Å². The zero-order valence-electron chi connectivity index (χ0n) is 36.0. The van der Waals surface area contributed by atoms with Crippen molar-refractivity contribution in [3.63, 3.8) is 0 Å². The summed E-state index contributed by atoms with van der Waals surface area (Å²) in [5.41, 5.74) is 15.6. The van der Waals surface area contributed by atoms with Gasteiger partial charge in [-0.15, -0.1) is 5.10 Å². The molecule has 6 heteroatoms. The monoisotopic (exact) mass is 786 g/mol. The molecular weight excluding hydrogens is 733 g/mol. The second kappa shape index (κ2) is 15.6. The van der Waals surface area contributed by atoms with Crippen molar-refractivity contribution in [1.82, 2.24) is 19.1 Å². The van der Waals surface area contributed by atoms with Gasteiger partial charge < -0.3 is 0 Å². The van der Waals surface area contributed by atoms with Crippen LogP contribution >= 0.6 is 0 Å². The van der Waals surface area contributed by atoms with Crippen molar-refractivity contribution < 1.29 is 0 Å². The van der Waals surface area contributed by atoms with Gasteiger partial charge in [0.05, 0.1) is 28.2 Å². The van der Waals surface area contributed by atoms with E-state index in [0.717, 1.165) is 50.8 Å². The van der Waals surface area contributed by atoms with Crippen molar-refractivity contribution in [2.75, 3.05) is 5.01 Å². The Balaban J connectivity index is 1.50. The van der Waals surface area contributed by atoms with Crippen LogP contribution in [0.3, 0.4) is 0 Å². The summed E-state index contributed by atoms with van der Waals surface area (Å²) in [7, 11) is 0. The molecule has 8 aromatic rings. The normalized spacial score (nSPS) is 13.4. The minimum atomic E-state index is -0.613. The summed E-state index contributed by atoms with van der Waals surface area (Å²) in [6, 6.07) is 53.0. The maximum Gasteiger partial charge on any atom is 0.240 e. The molecule has 6 aromatic carbocycles. The third kappa shape index (κ3) is 6.11. The number of fused-ring (bicyclic) bond motifs is 3.